The van der Waals surface area contributed by atoms with Gasteiger partial charge in [0.05, 0.1) is 11.3 Å². The van der Waals surface area contributed by atoms with Crippen LogP contribution in [0.4, 0.5) is 4.39 Å². The number of amides is 2. The Hall–Kier alpha value is -3.97. The van der Waals surface area contributed by atoms with Gasteiger partial charge in [0.25, 0.3) is 11.8 Å². The fraction of sp³-hybridized carbons (Fsp3) is 0.385. The molecule has 0 radical (unpaired) electrons. The third-order valence-corrected chi connectivity index (χ3v) is 7.73. The summed E-state index contributed by atoms with van der Waals surface area (Å²) in [6.07, 6.45) is 3.89. The molecule has 0 spiro atoms. The van der Waals surface area contributed by atoms with Gasteiger partial charge >= 0.3 is 0 Å². The number of aliphatic hydroxyl groups is 1. The van der Waals surface area contributed by atoms with Crippen molar-refractivity contribution in [3.63, 3.8) is 0 Å². The number of rotatable bonds is 3. The smallest absolute Gasteiger partial charge is 0.269 e. The average Bonchev–Trinajstić information content (AvgIpc) is 3.41. The number of halogens is 1. The van der Waals surface area contributed by atoms with Crippen LogP contribution in [0.1, 0.15) is 64.2 Å². The molecule has 3 N–H and O–H groups in total. The van der Waals surface area contributed by atoms with E-state index in [4.69, 9.17) is 5.73 Å². The van der Waals surface area contributed by atoms with Gasteiger partial charge in [-0.3, -0.25) is 14.3 Å². The molecule has 2 fully saturated rings. The SMILES string of the molecule is CN1CCC(O)(C#Cc2cc3c(cc2F)C2CC(C2)n2c-3nc(C(N)=O)c2Cc2ccnn2C)C1=O. The molecule has 1 aliphatic carbocycles. The topological polar surface area (TPSA) is 119 Å². The third-order valence-electron chi connectivity index (χ3n) is 7.73. The molecule has 2 bridgehead atoms. The highest BCUT2D eigenvalue weighted by atomic mass is 19.1. The van der Waals surface area contributed by atoms with Crippen LogP contribution in [0.5, 0.6) is 0 Å². The Morgan fingerprint density at radius 2 is 2.11 bits per heavy atom. The van der Waals surface area contributed by atoms with Crippen molar-refractivity contribution in [1.29, 1.82) is 0 Å². The summed E-state index contributed by atoms with van der Waals surface area (Å²) in [5, 5.41) is 14.9. The predicted molar refractivity (Wildman–Crippen MR) is 127 cm³/mol. The largest absolute Gasteiger partial charge is 0.369 e. The van der Waals surface area contributed by atoms with Crippen LogP contribution in [0, 0.1) is 17.7 Å². The Morgan fingerprint density at radius 1 is 1.33 bits per heavy atom. The number of imidazole rings is 1. The number of benzene rings is 1. The molecule has 2 amide bonds. The zero-order chi connectivity index (χ0) is 25.4. The highest BCUT2D eigenvalue weighted by Crippen LogP contribution is 2.53. The van der Waals surface area contributed by atoms with E-state index < -0.39 is 23.2 Å². The number of aryl methyl sites for hydroxylation is 1. The Balaban J connectivity index is 1.49. The number of nitrogens with zero attached hydrogens (tertiary/aromatic N) is 5. The van der Waals surface area contributed by atoms with Crippen LogP contribution >= 0.6 is 0 Å². The molecule has 3 aromatic rings. The van der Waals surface area contributed by atoms with E-state index in [2.05, 4.69) is 26.5 Å². The number of aromatic nitrogens is 4. The van der Waals surface area contributed by atoms with Crippen LogP contribution < -0.4 is 5.73 Å². The van der Waals surface area contributed by atoms with Crippen molar-refractivity contribution in [3.05, 3.63) is 58.4 Å². The van der Waals surface area contributed by atoms with E-state index in [1.165, 1.54) is 11.0 Å². The molecule has 1 aromatic carbocycles. The fourth-order valence-electron chi connectivity index (χ4n) is 5.57. The molecular formula is C26H25FN6O3. The van der Waals surface area contributed by atoms with Gasteiger partial charge in [0.15, 0.2) is 0 Å². The van der Waals surface area contributed by atoms with Crippen LogP contribution in [0.2, 0.25) is 0 Å². The zero-order valence-electron chi connectivity index (χ0n) is 20.0. The Morgan fingerprint density at radius 3 is 2.75 bits per heavy atom. The summed E-state index contributed by atoms with van der Waals surface area (Å²) < 4.78 is 19.0. The quantitative estimate of drug-likeness (QED) is 0.542. The first kappa shape index (κ1) is 22.5. The highest BCUT2D eigenvalue weighted by Gasteiger charge is 2.43. The van der Waals surface area contributed by atoms with Crippen LogP contribution in [0.3, 0.4) is 0 Å². The summed E-state index contributed by atoms with van der Waals surface area (Å²) in [7, 11) is 3.43. The van der Waals surface area contributed by atoms with Crippen molar-refractivity contribution >= 4 is 11.8 Å². The van der Waals surface area contributed by atoms with Gasteiger partial charge in [0.1, 0.15) is 17.3 Å². The van der Waals surface area contributed by atoms with E-state index in [-0.39, 0.29) is 29.6 Å². The number of hydrogen-bond acceptors (Lipinski definition) is 5. The van der Waals surface area contributed by atoms with Crippen LogP contribution in [0.15, 0.2) is 24.4 Å². The number of carbonyl (C=O) groups excluding carboxylic acids is 2. The minimum absolute atomic E-state index is 0.0620. The van der Waals surface area contributed by atoms with E-state index >= 15 is 4.39 Å². The maximum absolute atomic E-state index is 15.2. The summed E-state index contributed by atoms with van der Waals surface area (Å²) >= 11 is 0. The number of nitrogens with two attached hydrogens (primary N) is 1. The summed E-state index contributed by atoms with van der Waals surface area (Å²) in [6.45, 7) is 0.381. The van der Waals surface area contributed by atoms with E-state index in [0.717, 1.165) is 24.1 Å². The van der Waals surface area contributed by atoms with Crippen molar-refractivity contribution in [1.82, 2.24) is 24.2 Å². The predicted octanol–water partition coefficient (Wildman–Crippen LogP) is 1.49. The van der Waals surface area contributed by atoms with Crippen molar-refractivity contribution < 1.29 is 19.1 Å². The van der Waals surface area contributed by atoms with Gasteiger partial charge in [-0.1, -0.05) is 11.8 Å². The number of primary amides is 1. The molecule has 1 atom stereocenters. The van der Waals surface area contributed by atoms with Gasteiger partial charge in [0, 0.05) is 57.0 Å². The lowest BCUT2D eigenvalue weighted by Crippen LogP contribution is -2.37. The van der Waals surface area contributed by atoms with Crippen molar-refractivity contribution in [2.45, 2.75) is 43.2 Å². The summed E-state index contributed by atoms with van der Waals surface area (Å²) in [6, 6.07) is 5.09. The Kier molecular flexibility index (Phi) is 4.85. The molecule has 2 aromatic heterocycles. The monoisotopic (exact) mass is 488 g/mol. The molecule has 5 heterocycles. The van der Waals surface area contributed by atoms with Gasteiger partial charge in [-0.05, 0) is 42.5 Å². The standard InChI is InChI=1S/C26H25FN6O3/c1-31-8-6-26(36,25(31)35)5-3-14-11-19-18(13-20(14)27)15-9-17(10-15)33-21(12-16-4-7-29-32(16)2)22(23(28)34)30-24(19)33/h4,7,11,13,15,17,36H,6,8-10,12H2,1-2H3,(H2,28,34). The van der Waals surface area contributed by atoms with E-state index in [1.807, 2.05) is 13.1 Å². The highest BCUT2D eigenvalue weighted by molar-refractivity contribution is 5.93. The van der Waals surface area contributed by atoms with Gasteiger partial charge in [-0.25, -0.2) is 9.37 Å². The van der Waals surface area contributed by atoms with Crippen molar-refractivity contribution in [2.24, 2.45) is 12.8 Å². The van der Waals surface area contributed by atoms with Crippen molar-refractivity contribution in [3.8, 4) is 23.2 Å². The molecular weight excluding hydrogens is 463 g/mol. The Labute approximate surface area is 206 Å². The van der Waals surface area contributed by atoms with Crippen LogP contribution in [-0.2, 0) is 18.3 Å². The van der Waals surface area contributed by atoms with Gasteiger partial charge in [-0.15, -0.1) is 0 Å². The van der Waals surface area contributed by atoms with E-state index in [1.54, 1.807) is 24.0 Å². The Bertz CT molecular complexity index is 1510. The fourth-order valence-corrected chi connectivity index (χ4v) is 5.57. The molecule has 1 unspecified atom stereocenters. The molecule has 7 rings (SSSR count). The van der Waals surface area contributed by atoms with Gasteiger partial charge in [0.2, 0.25) is 5.60 Å². The van der Waals surface area contributed by atoms with Crippen LogP contribution in [-0.4, -0.2) is 60.3 Å². The number of hydrogen-bond donors (Lipinski definition) is 2. The summed E-state index contributed by atoms with van der Waals surface area (Å²) in [5.74, 6) is 4.38. The van der Waals surface area contributed by atoms with Gasteiger partial charge < -0.3 is 20.3 Å². The molecule has 10 heteroatoms. The minimum Gasteiger partial charge on any atom is -0.369 e. The molecule has 1 saturated heterocycles. The first-order valence-corrected chi connectivity index (χ1v) is 11.9. The minimum atomic E-state index is -1.83. The van der Waals surface area contributed by atoms with Gasteiger partial charge in [-0.2, -0.15) is 5.10 Å². The molecule has 3 aliphatic heterocycles. The maximum atomic E-state index is 15.2. The number of carbonyl (C=O) groups is 2. The lowest BCUT2D eigenvalue weighted by Gasteiger charge is -2.35. The van der Waals surface area contributed by atoms with Crippen LogP contribution in [0.25, 0.3) is 11.4 Å². The lowest BCUT2D eigenvalue weighted by atomic mass is 9.75. The number of likely N-dealkylation sites (tertiary alicyclic amines) is 1. The molecule has 184 valence electrons. The number of likely N-dealkylation sites (N-methyl/N-ethyl adjacent to an activating group) is 1. The first-order valence-electron chi connectivity index (χ1n) is 11.9. The third kappa shape index (κ3) is 3.27. The zero-order valence-corrected chi connectivity index (χ0v) is 20.0. The second kappa shape index (κ2) is 7.77. The summed E-state index contributed by atoms with van der Waals surface area (Å²) in [5.41, 5.74) is 7.28. The lowest BCUT2D eigenvalue weighted by molar-refractivity contribution is -0.137. The second-order valence-corrected chi connectivity index (χ2v) is 9.92. The molecule has 4 aliphatic rings. The normalized spacial score (nSPS) is 23.9. The maximum Gasteiger partial charge on any atom is 0.269 e. The van der Waals surface area contributed by atoms with E-state index in [0.29, 0.717) is 30.0 Å². The van der Waals surface area contributed by atoms with E-state index in [9.17, 15) is 14.7 Å². The molecule has 1 saturated carbocycles. The van der Waals surface area contributed by atoms with Crippen molar-refractivity contribution in [2.75, 3.05) is 13.6 Å². The second-order valence-electron chi connectivity index (χ2n) is 9.92. The summed E-state index contributed by atoms with van der Waals surface area (Å²) in [4.78, 5) is 30.8. The molecule has 36 heavy (non-hydrogen) atoms. The molecule has 9 nitrogen and oxygen atoms in total. The first-order chi connectivity index (χ1) is 17.2. The average molecular weight is 489 g/mol.